The van der Waals surface area contributed by atoms with Crippen molar-refractivity contribution in [3.05, 3.63) is 54.4 Å². The monoisotopic (exact) mass is 407 g/mol. The second-order valence-electron chi connectivity index (χ2n) is 7.82. The van der Waals surface area contributed by atoms with Crippen LogP contribution in [0.2, 0.25) is 0 Å². The Hall–Kier alpha value is -2.42. The first kappa shape index (κ1) is 25.6. The standard InChI is InChI=1S/C18H17N3.C5H12.2C2H6/c1-18(2,3)17-20-13-9-5-4-8-12(13)16-19-14-10-6-7-11-15(14)21(16)17;1-3-5-4-2;2*1-2/h4-11H,1-3H3;3-5H2,1-2H3;2*1-2H3. The van der Waals surface area contributed by atoms with Crippen LogP contribution in [0.4, 0.5) is 0 Å². The zero-order valence-corrected chi connectivity index (χ0v) is 20.6. The molecule has 0 spiro atoms. The Morgan fingerprint density at radius 3 is 1.80 bits per heavy atom. The van der Waals surface area contributed by atoms with Gasteiger partial charge in [0.05, 0.1) is 16.6 Å². The van der Waals surface area contributed by atoms with Crippen LogP contribution in [-0.2, 0) is 5.41 Å². The number of hydrogen-bond acceptors (Lipinski definition) is 2. The molecule has 0 bridgehead atoms. The van der Waals surface area contributed by atoms with Crippen molar-refractivity contribution >= 4 is 27.6 Å². The molecule has 0 unspecified atom stereocenters. The summed E-state index contributed by atoms with van der Waals surface area (Å²) in [6.07, 6.45) is 4.08. The van der Waals surface area contributed by atoms with Gasteiger partial charge in [0.2, 0.25) is 0 Å². The highest BCUT2D eigenvalue weighted by molar-refractivity contribution is 5.96. The van der Waals surface area contributed by atoms with Crippen molar-refractivity contribution in [2.75, 3.05) is 0 Å². The summed E-state index contributed by atoms with van der Waals surface area (Å²) < 4.78 is 2.21. The zero-order valence-electron chi connectivity index (χ0n) is 20.6. The van der Waals surface area contributed by atoms with Crippen molar-refractivity contribution in [3.63, 3.8) is 0 Å². The normalized spacial score (nSPS) is 10.6. The number of para-hydroxylation sites is 3. The van der Waals surface area contributed by atoms with E-state index < -0.39 is 0 Å². The van der Waals surface area contributed by atoms with Gasteiger partial charge in [0.25, 0.3) is 0 Å². The predicted molar refractivity (Wildman–Crippen MR) is 135 cm³/mol. The Labute approximate surface area is 183 Å². The number of aromatic nitrogens is 3. The number of unbranched alkanes of at least 4 members (excludes halogenated alkanes) is 2. The highest BCUT2D eigenvalue weighted by Gasteiger charge is 2.22. The summed E-state index contributed by atoms with van der Waals surface area (Å²) in [5, 5.41) is 1.10. The maximum absolute atomic E-state index is 4.92. The fourth-order valence-electron chi connectivity index (χ4n) is 3.20. The van der Waals surface area contributed by atoms with Crippen LogP contribution in [0, 0.1) is 0 Å². The number of fused-ring (bicyclic) bond motifs is 5. The van der Waals surface area contributed by atoms with E-state index in [2.05, 4.69) is 69.4 Å². The molecule has 0 amide bonds. The second-order valence-corrected chi connectivity index (χ2v) is 7.82. The van der Waals surface area contributed by atoms with Crippen LogP contribution in [0.15, 0.2) is 48.5 Å². The van der Waals surface area contributed by atoms with Crippen molar-refractivity contribution in [3.8, 4) is 0 Å². The average Bonchev–Trinajstić information content (AvgIpc) is 3.16. The van der Waals surface area contributed by atoms with Gasteiger partial charge in [0, 0.05) is 10.8 Å². The quantitative estimate of drug-likeness (QED) is 0.333. The Kier molecular flexibility index (Phi) is 10.5. The van der Waals surface area contributed by atoms with Gasteiger partial charge in [0.15, 0.2) is 0 Å². The zero-order chi connectivity index (χ0) is 22.7. The molecule has 2 heterocycles. The van der Waals surface area contributed by atoms with Crippen LogP contribution in [0.1, 0.15) is 87.4 Å². The smallest absolute Gasteiger partial charge is 0.148 e. The number of benzene rings is 2. The Bertz CT molecular complexity index is 1020. The van der Waals surface area contributed by atoms with E-state index in [0.29, 0.717) is 0 Å². The van der Waals surface area contributed by atoms with Gasteiger partial charge in [-0.25, -0.2) is 9.97 Å². The van der Waals surface area contributed by atoms with E-state index in [-0.39, 0.29) is 5.41 Å². The molecule has 164 valence electrons. The van der Waals surface area contributed by atoms with Crippen LogP contribution in [0.25, 0.3) is 27.6 Å². The highest BCUT2D eigenvalue weighted by atomic mass is 15.1. The van der Waals surface area contributed by atoms with Crippen LogP contribution in [0.3, 0.4) is 0 Å². The Balaban J connectivity index is 0.000000435. The maximum Gasteiger partial charge on any atom is 0.148 e. The van der Waals surface area contributed by atoms with Gasteiger partial charge in [0.1, 0.15) is 11.5 Å². The summed E-state index contributed by atoms with van der Waals surface area (Å²) in [5.41, 5.74) is 4.08. The molecule has 2 aromatic carbocycles. The van der Waals surface area contributed by atoms with Crippen LogP contribution in [-0.4, -0.2) is 14.4 Å². The van der Waals surface area contributed by atoms with E-state index in [4.69, 9.17) is 9.97 Å². The molecule has 3 heteroatoms. The van der Waals surface area contributed by atoms with Crippen molar-refractivity contribution in [1.29, 1.82) is 0 Å². The van der Waals surface area contributed by atoms with E-state index in [1.807, 2.05) is 45.9 Å². The number of hydrogen-bond donors (Lipinski definition) is 0. The van der Waals surface area contributed by atoms with Crippen molar-refractivity contribution < 1.29 is 0 Å². The second kappa shape index (κ2) is 12.3. The van der Waals surface area contributed by atoms with E-state index in [9.17, 15) is 0 Å². The van der Waals surface area contributed by atoms with Gasteiger partial charge in [-0.3, -0.25) is 4.40 Å². The average molecular weight is 408 g/mol. The number of nitrogens with zero attached hydrogens (tertiary/aromatic N) is 3. The molecule has 0 fully saturated rings. The molecule has 0 aliphatic rings. The minimum atomic E-state index is -0.0498. The Morgan fingerprint density at radius 1 is 0.733 bits per heavy atom. The summed E-state index contributed by atoms with van der Waals surface area (Å²) in [5.74, 6) is 1.05. The number of imidazole rings is 1. The van der Waals surface area contributed by atoms with Crippen molar-refractivity contribution in [2.24, 2.45) is 0 Å². The summed E-state index contributed by atoms with van der Waals surface area (Å²) in [4.78, 5) is 9.76. The lowest BCUT2D eigenvalue weighted by Crippen LogP contribution is -2.18. The van der Waals surface area contributed by atoms with Gasteiger partial charge in [-0.15, -0.1) is 0 Å². The van der Waals surface area contributed by atoms with Crippen LogP contribution >= 0.6 is 0 Å². The van der Waals surface area contributed by atoms with Gasteiger partial charge < -0.3 is 0 Å². The molecule has 4 rings (SSSR count). The molecule has 0 aliphatic carbocycles. The third-order valence-electron chi connectivity index (χ3n) is 4.52. The highest BCUT2D eigenvalue weighted by Crippen LogP contribution is 2.29. The summed E-state index contributed by atoms with van der Waals surface area (Å²) in [6.45, 7) is 19.0. The third kappa shape index (κ3) is 5.81. The van der Waals surface area contributed by atoms with Crippen molar-refractivity contribution in [1.82, 2.24) is 14.4 Å². The topological polar surface area (TPSA) is 30.2 Å². The van der Waals surface area contributed by atoms with E-state index >= 15 is 0 Å². The van der Waals surface area contributed by atoms with Crippen LogP contribution in [0.5, 0.6) is 0 Å². The largest absolute Gasteiger partial charge is 0.279 e. The van der Waals surface area contributed by atoms with Gasteiger partial charge in [-0.1, -0.05) is 106 Å². The Morgan fingerprint density at radius 2 is 1.27 bits per heavy atom. The van der Waals surface area contributed by atoms with Gasteiger partial charge in [-0.2, -0.15) is 0 Å². The predicted octanol–water partition coefficient (Wildman–Crippen LogP) is 8.58. The molecule has 0 atom stereocenters. The molecule has 30 heavy (non-hydrogen) atoms. The lowest BCUT2D eigenvalue weighted by atomic mass is 9.95. The van der Waals surface area contributed by atoms with Gasteiger partial charge in [-0.05, 0) is 24.3 Å². The molecular weight excluding hydrogens is 366 g/mol. The van der Waals surface area contributed by atoms with E-state index in [0.717, 1.165) is 33.4 Å². The SMILES string of the molecule is CC.CC.CC(C)(C)c1nc2ccccc2c2nc3ccccc3n12.CCCCC. The first-order chi connectivity index (χ1) is 14.5. The molecule has 3 nitrogen and oxygen atoms in total. The first-order valence-corrected chi connectivity index (χ1v) is 11.6. The van der Waals surface area contributed by atoms with E-state index in [1.165, 1.54) is 19.3 Å². The lowest BCUT2D eigenvalue weighted by Gasteiger charge is -2.20. The molecule has 0 N–H and O–H groups in total. The van der Waals surface area contributed by atoms with Crippen LogP contribution < -0.4 is 0 Å². The molecule has 0 radical (unpaired) electrons. The molecule has 2 aromatic heterocycles. The fraction of sp³-hybridized carbons (Fsp3) is 0.481. The lowest BCUT2D eigenvalue weighted by molar-refractivity contribution is 0.542. The minimum Gasteiger partial charge on any atom is -0.279 e. The molecule has 0 aliphatic heterocycles. The summed E-state index contributed by atoms with van der Waals surface area (Å²) in [7, 11) is 0. The minimum absolute atomic E-state index is 0.0498. The van der Waals surface area contributed by atoms with E-state index in [1.54, 1.807) is 0 Å². The maximum atomic E-state index is 4.92. The summed E-state index contributed by atoms with van der Waals surface area (Å²) >= 11 is 0. The third-order valence-corrected chi connectivity index (χ3v) is 4.52. The van der Waals surface area contributed by atoms with Gasteiger partial charge >= 0.3 is 0 Å². The molecule has 0 saturated carbocycles. The summed E-state index contributed by atoms with van der Waals surface area (Å²) in [6, 6.07) is 16.5. The first-order valence-electron chi connectivity index (χ1n) is 11.6. The molecular formula is C27H41N3. The number of rotatable bonds is 2. The fourth-order valence-corrected chi connectivity index (χ4v) is 3.20. The van der Waals surface area contributed by atoms with Crippen molar-refractivity contribution in [2.45, 2.75) is 87.0 Å². The molecule has 4 aromatic rings. The molecule has 0 saturated heterocycles.